The fourth-order valence-corrected chi connectivity index (χ4v) is 6.22. The third-order valence-electron chi connectivity index (χ3n) is 5.44. The van der Waals surface area contributed by atoms with Gasteiger partial charge >= 0.3 is 6.61 Å². The minimum atomic E-state index is -3.08. The van der Waals surface area contributed by atoms with Crippen LogP contribution in [0.25, 0.3) is 11.3 Å². The monoisotopic (exact) mass is 443 g/mol. The lowest BCUT2D eigenvalue weighted by Crippen LogP contribution is -2.64. The van der Waals surface area contributed by atoms with Crippen LogP contribution in [0.4, 0.5) is 13.2 Å². The molecular weight excluding hydrogens is 423 g/mol. The van der Waals surface area contributed by atoms with Crippen LogP contribution in [0.1, 0.15) is 24.6 Å². The van der Waals surface area contributed by atoms with Gasteiger partial charge in [-0.1, -0.05) is 0 Å². The lowest BCUT2D eigenvalue weighted by Gasteiger charge is -2.39. The van der Waals surface area contributed by atoms with Crippen molar-refractivity contribution in [3.63, 3.8) is 0 Å². The number of H-pyrrole nitrogens is 1. The molecule has 2 aromatic rings. The van der Waals surface area contributed by atoms with Gasteiger partial charge in [0.25, 0.3) is 0 Å². The van der Waals surface area contributed by atoms with E-state index >= 15 is 0 Å². The van der Waals surface area contributed by atoms with Gasteiger partial charge in [0.15, 0.2) is 9.84 Å². The topological polar surface area (TPSA) is 101 Å². The van der Waals surface area contributed by atoms with Crippen LogP contribution in [0, 0.1) is 11.7 Å². The van der Waals surface area contributed by atoms with E-state index in [9.17, 15) is 26.4 Å². The highest BCUT2D eigenvalue weighted by molar-refractivity contribution is 7.93. The zero-order valence-corrected chi connectivity index (χ0v) is 16.9. The Morgan fingerprint density at radius 3 is 2.77 bits per heavy atom. The molecule has 7 nitrogen and oxygen atoms in total. The summed E-state index contributed by atoms with van der Waals surface area (Å²) in [5.74, 6) is -1.54. The van der Waals surface area contributed by atoms with Crippen molar-refractivity contribution < 1.29 is 31.1 Å². The molecule has 1 amide bonds. The van der Waals surface area contributed by atoms with Gasteiger partial charge in [-0.3, -0.25) is 9.89 Å². The largest absolute Gasteiger partial charge is 0.435 e. The number of carbonyl (C=O) groups is 1. The van der Waals surface area contributed by atoms with Crippen molar-refractivity contribution in [1.29, 1.82) is 0 Å². The molecule has 1 saturated heterocycles. The first-order chi connectivity index (χ1) is 14.1. The normalized spacial score (nSPS) is 21.6. The molecule has 2 heterocycles. The van der Waals surface area contributed by atoms with E-state index < -0.39 is 27.8 Å². The SMILES string of the molecule is CC1(NC(=O)[C@@H]2CCc3c(-c4cc(OC(F)F)ccc4F)n[nH]c3C2)CS(=O)(=O)C1. The van der Waals surface area contributed by atoms with E-state index in [4.69, 9.17) is 0 Å². The van der Waals surface area contributed by atoms with Crippen LogP contribution < -0.4 is 10.1 Å². The second kappa shape index (κ2) is 7.29. The number of sulfone groups is 1. The molecule has 0 unspecified atom stereocenters. The number of alkyl halides is 2. The van der Waals surface area contributed by atoms with Gasteiger partial charge in [0, 0.05) is 29.2 Å². The number of hydrogen-bond acceptors (Lipinski definition) is 5. The van der Waals surface area contributed by atoms with E-state index in [1.165, 1.54) is 6.07 Å². The summed E-state index contributed by atoms with van der Waals surface area (Å²) in [6.07, 6.45) is 1.25. The Bertz CT molecular complexity index is 1090. The number of halogens is 3. The van der Waals surface area contributed by atoms with Gasteiger partial charge in [0.2, 0.25) is 5.91 Å². The highest BCUT2D eigenvalue weighted by atomic mass is 32.2. The molecule has 1 atom stereocenters. The number of amides is 1. The molecule has 2 aliphatic rings. The maximum absolute atomic E-state index is 14.3. The van der Waals surface area contributed by atoms with Crippen molar-refractivity contribution in [1.82, 2.24) is 15.5 Å². The van der Waals surface area contributed by atoms with Crippen LogP contribution in [-0.4, -0.2) is 48.2 Å². The van der Waals surface area contributed by atoms with E-state index in [0.717, 1.165) is 17.7 Å². The maximum Gasteiger partial charge on any atom is 0.387 e. The Morgan fingerprint density at radius 1 is 1.37 bits per heavy atom. The summed E-state index contributed by atoms with van der Waals surface area (Å²) in [5, 5.41) is 9.79. The average molecular weight is 443 g/mol. The molecule has 1 aliphatic heterocycles. The number of ether oxygens (including phenoxy) is 1. The lowest BCUT2D eigenvalue weighted by atomic mass is 9.85. The van der Waals surface area contributed by atoms with Crippen LogP contribution in [0.2, 0.25) is 0 Å². The molecule has 4 rings (SSSR count). The Labute approximate surface area is 170 Å². The first-order valence-corrected chi connectivity index (χ1v) is 11.2. The molecule has 0 spiro atoms. The molecule has 162 valence electrons. The molecule has 1 fully saturated rings. The molecule has 2 N–H and O–H groups in total. The summed E-state index contributed by atoms with van der Waals surface area (Å²) >= 11 is 0. The number of nitrogens with zero attached hydrogens (tertiary/aromatic N) is 1. The molecule has 30 heavy (non-hydrogen) atoms. The van der Waals surface area contributed by atoms with Gasteiger partial charge in [0.05, 0.1) is 22.7 Å². The molecule has 1 aliphatic carbocycles. The number of benzene rings is 1. The first-order valence-electron chi connectivity index (χ1n) is 9.38. The predicted molar refractivity (Wildman–Crippen MR) is 101 cm³/mol. The fourth-order valence-electron chi connectivity index (χ4n) is 4.22. The van der Waals surface area contributed by atoms with E-state index in [0.29, 0.717) is 30.7 Å². The van der Waals surface area contributed by atoms with E-state index in [-0.39, 0.29) is 34.6 Å². The van der Waals surface area contributed by atoms with Crippen molar-refractivity contribution in [3.8, 4) is 17.0 Å². The summed E-state index contributed by atoms with van der Waals surface area (Å²) in [6, 6.07) is 3.33. The van der Waals surface area contributed by atoms with E-state index in [2.05, 4.69) is 20.3 Å². The van der Waals surface area contributed by atoms with Gasteiger partial charge in [0.1, 0.15) is 11.6 Å². The van der Waals surface area contributed by atoms with Crippen molar-refractivity contribution in [2.24, 2.45) is 5.92 Å². The smallest absolute Gasteiger partial charge is 0.387 e. The summed E-state index contributed by atoms with van der Waals surface area (Å²) in [5.41, 5.74) is 0.995. The zero-order valence-electron chi connectivity index (χ0n) is 16.0. The molecule has 0 bridgehead atoms. The van der Waals surface area contributed by atoms with Gasteiger partial charge in [-0.15, -0.1) is 0 Å². The van der Waals surface area contributed by atoms with Crippen molar-refractivity contribution in [3.05, 3.63) is 35.3 Å². The number of hydrogen-bond donors (Lipinski definition) is 2. The summed E-state index contributed by atoms with van der Waals surface area (Å²) in [6.45, 7) is -1.32. The standard InChI is InChI=1S/C19H20F3N3O4S/c1-19(8-30(27,28)9-19)23-17(26)10-2-4-12-15(6-10)24-25-16(12)13-7-11(29-18(21)22)3-5-14(13)20/h3,5,7,10,18H,2,4,6,8-9H2,1H3,(H,23,26)(H,24,25)/t10-/m1/s1. The highest BCUT2D eigenvalue weighted by Gasteiger charge is 2.46. The Morgan fingerprint density at radius 2 is 2.10 bits per heavy atom. The zero-order chi connectivity index (χ0) is 21.7. The third-order valence-corrected chi connectivity index (χ3v) is 7.59. The van der Waals surface area contributed by atoms with Crippen LogP contribution >= 0.6 is 0 Å². The Balaban J connectivity index is 1.51. The van der Waals surface area contributed by atoms with Crippen molar-refractivity contribution in [2.45, 2.75) is 38.3 Å². The van der Waals surface area contributed by atoms with E-state index in [1.54, 1.807) is 6.92 Å². The maximum atomic E-state index is 14.3. The second-order valence-corrected chi connectivity index (χ2v) is 10.1. The minimum Gasteiger partial charge on any atom is -0.435 e. The Kier molecular flexibility index (Phi) is 5.03. The minimum absolute atomic E-state index is 0.0423. The molecule has 0 saturated carbocycles. The number of rotatable bonds is 5. The number of aromatic amines is 1. The Hall–Kier alpha value is -2.56. The van der Waals surface area contributed by atoms with Gasteiger partial charge in [-0.05, 0) is 38.0 Å². The second-order valence-electron chi connectivity index (χ2n) is 8.07. The van der Waals surface area contributed by atoms with Crippen molar-refractivity contribution in [2.75, 3.05) is 11.5 Å². The quantitative estimate of drug-likeness (QED) is 0.738. The average Bonchev–Trinajstić information content (AvgIpc) is 3.04. The summed E-state index contributed by atoms with van der Waals surface area (Å²) < 4.78 is 66.5. The number of fused-ring (bicyclic) bond motifs is 1. The molecule has 11 heteroatoms. The number of carbonyl (C=O) groups excluding carboxylic acids is 1. The molecular formula is C19H20F3N3O4S. The van der Waals surface area contributed by atoms with Gasteiger partial charge in [-0.25, -0.2) is 12.8 Å². The summed E-state index contributed by atoms with van der Waals surface area (Å²) in [7, 11) is -3.08. The van der Waals surface area contributed by atoms with Gasteiger partial charge < -0.3 is 10.1 Å². The highest BCUT2D eigenvalue weighted by Crippen LogP contribution is 2.35. The predicted octanol–water partition coefficient (Wildman–Crippen LogP) is 2.23. The lowest BCUT2D eigenvalue weighted by molar-refractivity contribution is -0.126. The number of nitrogens with one attached hydrogen (secondary N) is 2. The third kappa shape index (κ3) is 4.03. The van der Waals surface area contributed by atoms with Crippen LogP contribution in [0.3, 0.4) is 0 Å². The molecule has 1 aromatic heterocycles. The van der Waals surface area contributed by atoms with Crippen LogP contribution in [0.5, 0.6) is 5.75 Å². The summed E-state index contributed by atoms with van der Waals surface area (Å²) in [4.78, 5) is 12.6. The fraction of sp³-hybridized carbons (Fsp3) is 0.474. The molecule has 1 aromatic carbocycles. The first kappa shape index (κ1) is 20.7. The number of aromatic nitrogens is 2. The van der Waals surface area contributed by atoms with Crippen LogP contribution in [0.15, 0.2) is 18.2 Å². The van der Waals surface area contributed by atoms with E-state index in [1.807, 2.05) is 0 Å². The van der Waals surface area contributed by atoms with Crippen LogP contribution in [-0.2, 0) is 27.5 Å². The molecule has 0 radical (unpaired) electrons. The van der Waals surface area contributed by atoms with Gasteiger partial charge in [-0.2, -0.15) is 13.9 Å². The van der Waals surface area contributed by atoms with Crippen molar-refractivity contribution >= 4 is 15.7 Å².